The van der Waals surface area contributed by atoms with Crippen LogP contribution in [-0.2, 0) is 26.2 Å². The summed E-state index contributed by atoms with van der Waals surface area (Å²) in [4.78, 5) is 0. The summed E-state index contributed by atoms with van der Waals surface area (Å²) in [7, 11) is -0.305. The summed E-state index contributed by atoms with van der Waals surface area (Å²) in [6.07, 6.45) is 0. The minimum Gasteiger partial charge on any atom is -0.455 e. The Labute approximate surface area is 140 Å². The van der Waals surface area contributed by atoms with E-state index in [1.807, 2.05) is 0 Å². The van der Waals surface area contributed by atoms with Crippen molar-refractivity contribution in [1.82, 2.24) is 0 Å². The molecule has 0 amide bonds. The fraction of sp³-hybridized carbons (Fsp3) is 1.00. The van der Waals surface area contributed by atoms with Gasteiger partial charge in [-0.25, -0.2) is 0 Å². The summed E-state index contributed by atoms with van der Waals surface area (Å²) in [5, 5.41) is 0. The topological polar surface area (TPSA) is 55.4 Å². The van der Waals surface area contributed by atoms with Gasteiger partial charge in [-0.1, -0.05) is 0 Å². The quantitative estimate of drug-likeness (QED) is 0.509. The Hall–Kier alpha value is 0.628. The van der Waals surface area contributed by atoms with E-state index in [9.17, 15) is 0 Å². The Kier molecular flexibility index (Phi) is 8.89. The Bertz CT molecular complexity index is 323. The third kappa shape index (κ3) is 7.03. The molecule has 0 saturated heterocycles. The molecule has 0 aromatic rings. The van der Waals surface area contributed by atoms with Crippen LogP contribution in [0.1, 0.15) is 0 Å². The first-order valence-corrected chi connectivity index (χ1v) is 18.1. The van der Waals surface area contributed by atoms with Crippen molar-refractivity contribution in [3.8, 4) is 0 Å². The third-order valence-corrected chi connectivity index (χ3v) is 22.9. The van der Waals surface area contributed by atoms with Gasteiger partial charge in [-0.05, 0) is 32.7 Å². The summed E-state index contributed by atoms with van der Waals surface area (Å²) in [6, 6.07) is 0. The van der Waals surface area contributed by atoms with E-state index in [1.54, 1.807) is 35.5 Å². The van der Waals surface area contributed by atoms with Crippen LogP contribution in [0, 0.1) is 0 Å². The Morgan fingerprint density at radius 2 is 0.909 bits per heavy atom. The van der Waals surface area contributed by atoms with Gasteiger partial charge in [0.15, 0.2) is 16.6 Å². The summed E-state index contributed by atoms with van der Waals surface area (Å²) in [5.74, 6) is 0. The van der Waals surface area contributed by atoms with Crippen molar-refractivity contribution in [2.24, 2.45) is 0 Å². The molecule has 0 aliphatic rings. The highest BCUT2D eigenvalue weighted by Gasteiger charge is 2.49. The van der Waals surface area contributed by atoms with Crippen LogP contribution in [0.3, 0.4) is 0 Å². The molecule has 0 fully saturated rings. The lowest BCUT2D eigenvalue weighted by molar-refractivity contribution is 0.127. The average molecular weight is 387 g/mol. The highest BCUT2D eigenvalue weighted by Crippen LogP contribution is 2.29. The van der Waals surface area contributed by atoms with Gasteiger partial charge in [0.25, 0.3) is 0 Å². The Morgan fingerprint density at radius 3 is 1.23 bits per heavy atom. The molecule has 0 saturated carbocycles. The van der Waals surface area contributed by atoms with E-state index in [0.29, 0.717) is 0 Å². The van der Waals surface area contributed by atoms with Crippen molar-refractivity contribution in [3.05, 3.63) is 0 Å². The number of hydrogen-bond donors (Lipinski definition) is 0. The Morgan fingerprint density at radius 1 is 0.545 bits per heavy atom. The van der Waals surface area contributed by atoms with Crippen LogP contribution in [0.4, 0.5) is 0 Å². The normalized spacial score (nSPS) is 14.5. The first-order chi connectivity index (χ1) is 9.92. The lowest BCUT2D eigenvalue weighted by Crippen LogP contribution is -2.56. The van der Waals surface area contributed by atoms with Crippen LogP contribution in [0.15, 0.2) is 0 Å². The smallest absolute Gasteiger partial charge is 0.455 e. The molecule has 0 radical (unpaired) electrons. The molecule has 0 aromatic heterocycles. The second kappa shape index (κ2) is 8.64. The zero-order chi connectivity index (χ0) is 17.7. The predicted octanol–water partition coefficient (Wildman–Crippen LogP) is 2.73. The predicted molar refractivity (Wildman–Crippen MR) is 98.1 cm³/mol. The largest absolute Gasteiger partial charge is 0.499 e. The van der Waals surface area contributed by atoms with Crippen LogP contribution in [0.5, 0.6) is 0 Å². The van der Waals surface area contributed by atoms with E-state index in [1.165, 1.54) is 0 Å². The van der Waals surface area contributed by atoms with E-state index in [0.717, 1.165) is 11.3 Å². The van der Waals surface area contributed by atoms with Gasteiger partial charge in [0.2, 0.25) is 0 Å². The summed E-state index contributed by atoms with van der Waals surface area (Å²) < 4.78 is 34.5. The maximum atomic E-state index is 6.63. The Balaban J connectivity index is 5.01. The van der Waals surface area contributed by atoms with Gasteiger partial charge in [-0.2, -0.15) is 0 Å². The molecule has 0 atom stereocenters. The molecule has 134 valence electrons. The van der Waals surface area contributed by atoms with Gasteiger partial charge in [-0.15, -0.1) is 0 Å². The zero-order valence-electron chi connectivity index (χ0n) is 15.9. The van der Waals surface area contributed by atoms with Crippen LogP contribution >= 0.6 is 0 Å². The molecule has 0 aromatic carbocycles. The first kappa shape index (κ1) is 22.6. The lowest BCUT2D eigenvalue weighted by atomic mass is 11.8. The van der Waals surface area contributed by atoms with E-state index in [4.69, 9.17) is 26.2 Å². The molecule has 0 bridgehead atoms. The SMILES string of the molecule is CO[Si](C)(C[Si](C)(C)O[Si](C)(C)C[Si](OC)(OC)OC)OC. The van der Waals surface area contributed by atoms with Gasteiger partial charge in [0.1, 0.15) is 0 Å². The molecule has 0 spiro atoms. The molecule has 0 aliphatic carbocycles. The second-order valence-electron chi connectivity index (χ2n) is 6.81. The molecule has 10 heteroatoms. The minimum absolute atomic E-state index is 0.734. The van der Waals surface area contributed by atoms with Gasteiger partial charge in [0.05, 0.1) is 0 Å². The highest BCUT2D eigenvalue weighted by atomic mass is 28.5. The van der Waals surface area contributed by atoms with Crippen LogP contribution < -0.4 is 0 Å². The van der Waals surface area contributed by atoms with E-state index in [-0.39, 0.29) is 0 Å². The van der Waals surface area contributed by atoms with E-state index < -0.39 is 34.0 Å². The number of hydrogen-bond acceptors (Lipinski definition) is 6. The molecule has 0 rings (SSSR count). The van der Waals surface area contributed by atoms with Crippen molar-refractivity contribution >= 4 is 34.0 Å². The summed E-state index contributed by atoms with van der Waals surface area (Å²) in [5.41, 5.74) is 1.63. The maximum absolute atomic E-state index is 6.63. The van der Waals surface area contributed by atoms with Crippen LogP contribution in [0.2, 0.25) is 44.1 Å². The maximum Gasteiger partial charge on any atom is 0.499 e. The van der Waals surface area contributed by atoms with Crippen LogP contribution in [-0.4, -0.2) is 69.5 Å². The first-order valence-electron chi connectivity index (χ1n) is 7.38. The van der Waals surface area contributed by atoms with E-state index >= 15 is 0 Å². The van der Waals surface area contributed by atoms with Gasteiger partial charge in [-0.3, -0.25) is 0 Å². The minimum atomic E-state index is -2.62. The van der Waals surface area contributed by atoms with Crippen LogP contribution in [0.25, 0.3) is 0 Å². The fourth-order valence-corrected chi connectivity index (χ4v) is 24.6. The summed E-state index contributed by atoms with van der Waals surface area (Å²) in [6.45, 7) is 10.9. The molecule has 0 aliphatic heterocycles. The molecule has 6 nitrogen and oxygen atoms in total. The van der Waals surface area contributed by atoms with Crippen molar-refractivity contribution in [3.63, 3.8) is 0 Å². The van der Waals surface area contributed by atoms with Crippen molar-refractivity contribution < 1.29 is 26.2 Å². The van der Waals surface area contributed by atoms with Gasteiger partial charge in [0, 0.05) is 46.9 Å². The molecule has 22 heavy (non-hydrogen) atoms. The lowest BCUT2D eigenvalue weighted by Gasteiger charge is -2.39. The monoisotopic (exact) mass is 386 g/mol. The van der Waals surface area contributed by atoms with Crippen molar-refractivity contribution in [2.45, 2.75) is 44.1 Å². The average Bonchev–Trinajstić information content (AvgIpc) is 2.43. The highest BCUT2D eigenvalue weighted by molar-refractivity contribution is 6.95. The van der Waals surface area contributed by atoms with Gasteiger partial charge >= 0.3 is 17.4 Å². The molecule has 0 unspecified atom stereocenters. The molecule has 0 heterocycles. The molecular weight excluding hydrogens is 352 g/mol. The van der Waals surface area contributed by atoms with Crippen molar-refractivity contribution in [2.75, 3.05) is 35.5 Å². The fourth-order valence-electron chi connectivity index (χ4n) is 2.81. The molecular formula is C12H34O6Si4. The standard InChI is InChI=1S/C12H34O6Si4/c1-13-21(10,14-2)11-19(6,7)18-20(8,9)12-22(15-3,16-4)17-5/h11-12H2,1-10H3. The second-order valence-corrected chi connectivity index (χ2v) is 23.2. The zero-order valence-corrected chi connectivity index (χ0v) is 19.9. The van der Waals surface area contributed by atoms with E-state index in [2.05, 4.69) is 32.7 Å². The summed E-state index contributed by atoms with van der Waals surface area (Å²) >= 11 is 0. The van der Waals surface area contributed by atoms with Gasteiger partial charge < -0.3 is 26.2 Å². The van der Waals surface area contributed by atoms with Crippen molar-refractivity contribution in [1.29, 1.82) is 0 Å². The third-order valence-electron chi connectivity index (χ3n) is 3.74. The molecule has 0 N–H and O–H groups in total. The number of rotatable bonds is 11.